The van der Waals surface area contributed by atoms with E-state index in [1.807, 2.05) is 0 Å². The molecule has 2 aromatic rings. The number of carbonyl (C=O) groups is 2. The van der Waals surface area contributed by atoms with E-state index in [1.54, 1.807) is 50.2 Å². The number of non-ortho nitro benzene ring substituents is 1. The van der Waals surface area contributed by atoms with Gasteiger partial charge in [0.05, 0.1) is 36.2 Å². The van der Waals surface area contributed by atoms with Gasteiger partial charge in [-0.15, -0.1) is 0 Å². The first-order valence-corrected chi connectivity index (χ1v) is 14.0. The van der Waals surface area contributed by atoms with Gasteiger partial charge < -0.3 is 9.47 Å². The Kier molecular flexibility index (Phi) is 9.71. The summed E-state index contributed by atoms with van der Waals surface area (Å²) in [6.45, 7) is 3.27. The first-order chi connectivity index (χ1) is 18.5. The quantitative estimate of drug-likeness (QED) is 0.170. The van der Waals surface area contributed by atoms with Crippen LogP contribution in [0.4, 0.5) is 5.69 Å². The standard InChI is InChI=1S/C27H30N2O9S/c1-5-37-27(31)25-21(14-15-22(38-39(4,34)35)18-10-7-6-8-11-18)28-17(2)23(26(30)36-3)24(25)19-12-9-13-20(16-19)29(32)33/h6-13,16,22-24H,5,14-15H2,1-4H3. The monoisotopic (exact) mass is 558 g/mol. The Hall–Kier alpha value is -3.90. The average molecular weight is 559 g/mol. The van der Waals surface area contributed by atoms with Crippen LogP contribution in [0.5, 0.6) is 0 Å². The summed E-state index contributed by atoms with van der Waals surface area (Å²) in [4.78, 5) is 41.8. The fourth-order valence-electron chi connectivity index (χ4n) is 4.62. The lowest BCUT2D eigenvalue weighted by Gasteiger charge is -2.32. The van der Waals surface area contributed by atoms with Crippen LogP contribution in [0.15, 0.2) is 70.9 Å². The topological polar surface area (TPSA) is 151 Å². The van der Waals surface area contributed by atoms with Crippen LogP contribution < -0.4 is 0 Å². The number of hydrogen-bond donors (Lipinski definition) is 0. The van der Waals surface area contributed by atoms with E-state index in [0.29, 0.717) is 16.8 Å². The predicted octanol–water partition coefficient (Wildman–Crippen LogP) is 4.26. The highest BCUT2D eigenvalue weighted by molar-refractivity contribution is 7.86. The van der Waals surface area contributed by atoms with Crippen LogP contribution in [0.3, 0.4) is 0 Å². The summed E-state index contributed by atoms with van der Waals surface area (Å²) in [5, 5.41) is 11.5. The number of carbonyl (C=O) groups excluding carboxylic acids is 2. The number of nitro benzene ring substituents is 1. The summed E-state index contributed by atoms with van der Waals surface area (Å²) in [5.41, 5.74) is 1.38. The lowest BCUT2D eigenvalue weighted by Crippen LogP contribution is -2.36. The zero-order chi connectivity index (χ0) is 28.7. The van der Waals surface area contributed by atoms with Gasteiger partial charge in [0.2, 0.25) is 0 Å². The highest BCUT2D eigenvalue weighted by Gasteiger charge is 2.43. The van der Waals surface area contributed by atoms with Gasteiger partial charge in [-0.25, -0.2) is 4.79 Å². The SMILES string of the molecule is CCOC(=O)C1=C(CCC(OS(C)(=O)=O)c2ccccc2)N=C(C)C(C(=O)OC)C1c1cccc([N+](=O)[O-])c1. The van der Waals surface area contributed by atoms with E-state index in [0.717, 1.165) is 6.26 Å². The summed E-state index contributed by atoms with van der Waals surface area (Å²) < 4.78 is 39.7. The fraction of sp³-hybridized carbons (Fsp3) is 0.370. The van der Waals surface area contributed by atoms with Crippen molar-refractivity contribution in [3.05, 3.63) is 87.1 Å². The number of aliphatic imine (C=N–C) groups is 1. The number of ether oxygens (including phenoxy) is 2. The maximum absolute atomic E-state index is 13.4. The van der Waals surface area contributed by atoms with Crippen LogP contribution >= 0.6 is 0 Å². The van der Waals surface area contributed by atoms with Gasteiger partial charge in [-0.05, 0) is 37.8 Å². The number of nitrogens with zero attached hydrogens (tertiary/aromatic N) is 2. The molecular weight excluding hydrogens is 528 g/mol. The van der Waals surface area contributed by atoms with Crippen molar-refractivity contribution in [2.45, 2.75) is 38.7 Å². The Morgan fingerprint density at radius 1 is 1.13 bits per heavy atom. The number of hydrogen-bond acceptors (Lipinski definition) is 10. The molecule has 0 amide bonds. The maximum Gasteiger partial charge on any atom is 0.336 e. The fourth-order valence-corrected chi connectivity index (χ4v) is 5.24. The first kappa shape index (κ1) is 29.7. The molecule has 1 heterocycles. The lowest BCUT2D eigenvalue weighted by molar-refractivity contribution is -0.384. The molecule has 0 N–H and O–H groups in total. The number of rotatable bonds is 11. The second-order valence-electron chi connectivity index (χ2n) is 8.90. The Morgan fingerprint density at radius 2 is 1.82 bits per heavy atom. The molecule has 0 aliphatic carbocycles. The van der Waals surface area contributed by atoms with Crippen molar-refractivity contribution >= 4 is 33.5 Å². The van der Waals surface area contributed by atoms with Gasteiger partial charge >= 0.3 is 11.9 Å². The second-order valence-corrected chi connectivity index (χ2v) is 10.5. The molecule has 1 aliphatic heterocycles. The molecule has 11 nitrogen and oxygen atoms in total. The van der Waals surface area contributed by atoms with Crippen molar-refractivity contribution in [1.29, 1.82) is 0 Å². The van der Waals surface area contributed by atoms with Gasteiger partial charge in [-0.1, -0.05) is 42.5 Å². The summed E-state index contributed by atoms with van der Waals surface area (Å²) in [7, 11) is -2.63. The molecule has 0 bridgehead atoms. The van der Waals surface area contributed by atoms with Gasteiger partial charge in [0.25, 0.3) is 15.8 Å². The molecule has 0 spiro atoms. The third-order valence-corrected chi connectivity index (χ3v) is 6.79. The molecule has 39 heavy (non-hydrogen) atoms. The molecule has 1 aliphatic rings. The van der Waals surface area contributed by atoms with E-state index in [-0.39, 0.29) is 36.4 Å². The van der Waals surface area contributed by atoms with Gasteiger partial charge in [-0.2, -0.15) is 8.42 Å². The normalized spacial score (nSPS) is 18.2. The van der Waals surface area contributed by atoms with E-state index in [2.05, 4.69) is 4.99 Å². The van der Waals surface area contributed by atoms with Crippen LogP contribution in [0.1, 0.15) is 49.8 Å². The van der Waals surface area contributed by atoms with E-state index in [4.69, 9.17) is 13.7 Å². The van der Waals surface area contributed by atoms with Crippen molar-refractivity contribution in [2.75, 3.05) is 20.0 Å². The predicted molar refractivity (Wildman–Crippen MR) is 142 cm³/mol. The Balaban J connectivity index is 2.16. The Morgan fingerprint density at radius 3 is 2.41 bits per heavy atom. The van der Waals surface area contributed by atoms with E-state index in [1.165, 1.54) is 25.3 Å². The number of methoxy groups -OCH3 is 1. The zero-order valence-corrected chi connectivity index (χ0v) is 22.8. The number of allylic oxidation sites excluding steroid dienone is 1. The van der Waals surface area contributed by atoms with Crippen LogP contribution in [-0.2, 0) is 33.4 Å². The van der Waals surface area contributed by atoms with E-state index >= 15 is 0 Å². The Bertz CT molecular complexity index is 1400. The number of benzene rings is 2. The maximum atomic E-state index is 13.4. The molecule has 3 rings (SSSR count). The van der Waals surface area contributed by atoms with Gasteiger partial charge in [-0.3, -0.25) is 24.1 Å². The van der Waals surface area contributed by atoms with Crippen molar-refractivity contribution in [2.24, 2.45) is 10.9 Å². The van der Waals surface area contributed by atoms with Crippen molar-refractivity contribution in [1.82, 2.24) is 0 Å². The molecule has 3 unspecified atom stereocenters. The van der Waals surface area contributed by atoms with Gasteiger partial charge in [0, 0.05) is 23.8 Å². The third-order valence-electron chi connectivity index (χ3n) is 6.21. The summed E-state index contributed by atoms with van der Waals surface area (Å²) in [6, 6.07) is 14.4. The van der Waals surface area contributed by atoms with Crippen LogP contribution in [0.25, 0.3) is 0 Å². The molecule has 0 saturated heterocycles. The summed E-state index contributed by atoms with van der Waals surface area (Å²) in [5.74, 6) is -3.45. The third kappa shape index (κ3) is 7.36. The molecule has 2 aromatic carbocycles. The van der Waals surface area contributed by atoms with Crippen LogP contribution in [0, 0.1) is 16.0 Å². The molecule has 0 aromatic heterocycles. The molecule has 208 valence electrons. The average Bonchev–Trinajstić information content (AvgIpc) is 2.90. The van der Waals surface area contributed by atoms with Crippen LogP contribution in [0.2, 0.25) is 0 Å². The highest BCUT2D eigenvalue weighted by atomic mass is 32.2. The van der Waals surface area contributed by atoms with E-state index < -0.39 is 44.9 Å². The number of nitro groups is 1. The molecule has 0 radical (unpaired) electrons. The van der Waals surface area contributed by atoms with Gasteiger partial charge in [0.15, 0.2) is 0 Å². The molecule has 0 fully saturated rings. The molecule has 12 heteroatoms. The summed E-state index contributed by atoms with van der Waals surface area (Å²) >= 11 is 0. The lowest BCUT2D eigenvalue weighted by atomic mass is 9.75. The Labute approximate surface area is 226 Å². The van der Waals surface area contributed by atoms with Gasteiger partial charge in [0.1, 0.15) is 12.0 Å². The molecule has 0 saturated carbocycles. The minimum absolute atomic E-state index is 0.0344. The van der Waals surface area contributed by atoms with Crippen molar-refractivity contribution in [3.63, 3.8) is 0 Å². The van der Waals surface area contributed by atoms with Crippen molar-refractivity contribution in [3.8, 4) is 0 Å². The largest absolute Gasteiger partial charge is 0.468 e. The minimum Gasteiger partial charge on any atom is -0.468 e. The highest BCUT2D eigenvalue weighted by Crippen LogP contribution is 2.42. The first-order valence-electron chi connectivity index (χ1n) is 12.2. The smallest absolute Gasteiger partial charge is 0.336 e. The summed E-state index contributed by atoms with van der Waals surface area (Å²) in [6.07, 6.45) is 0.285. The van der Waals surface area contributed by atoms with E-state index in [9.17, 15) is 28.1 Å². The minimum atomic E-state index is -3.83. The number of esters is 2. The molecular formula is C27H30N2O9S. The van der Waals surface area contributed by atoms with Crippen LogP contribution in [-0.4, -0.2) is 51.0 Å². The zero-order valence-electron chi connectivity index (χ0n) is 22.0. The second kappa shape index (κ2) is 12.8. The van der Waals surface area contributed by atoms with Crippen molar-refractivity contribution < 1.29 is 36.6 Å². The molecule has 3 atom stereocenters.